The van der Waals surface area contributed by atoms with Gasteiger partial charge in [0.1, 0.15) is 0 Å². The molecule has 0 unspecified atom stereocenters. The van der Waals surface area contributed by atoms with Crippen molar-refractivity contribution in [1.29, 1.82) is 0 Å². The lowest BCUT2D eigenvalue weighted by Crippen LogP contribution is -2.40. The Labute approximate surface area is 193 Å². The zero-order valence-corrected chi connectivity index (χ0v) is 19.7. The summed E-state index contributed by atoms with van der Waals surface area (Å²) < 4.78 is 34.3. The minimum Gasteiger partial charge on any atom is -0.379 e. The van der Waals surface area contributed by atoms with Crippen molar-refractivity contribution in [2.75, 3.05) is 26.3 Å². The van der Waals surface area contributed by atoms with Gasteiger partial charge in [-0.05, 0) is 58.7 Å². The van der Waals surface area contributed by atoms with Crippen LogP contribution in [0.3, 0.4) is 0 Å². The number of morpholine rings is 1. The van der Waals surface area contributed by atoms with Gasteiger partial charge in [0.15, 0.2) is 0 Å². The van der Waals surface area contributed by atoms with Gasteiger partial charge in [-0.3, -0.25) is 0 Å². The Balaban J connectivity index is 1.45. The van der Waals surface area contributed by atoms with E-state index in [0.717, 1.165) is 17.7 Å². The fraction of sp³-hybridized carbons (Fsp3) is 0.409. The maximum absolute atomic E-state index is 12.9. The summed E-state index contributed by atoms with van der Waals surface area (Å²) in [5, 5.41) is 12.8. The first-order valence-electron chi connectivity index (χ1n) is 10.8. The van der Waals surface area contributed by atoms with E-state index in [9.17, 15) is 8.42 Å². The molecule has 0 atom stereocenters. The fourth-order valence-electron chi connectivity index (χ4n) is 3.50. The van der Waals surface area contributed by atoms with E-state index < -0.39 is 10.0 Å². The summed E-state index contributed by atoms with van der Waals surface area (Å²) in [5.74, 6) is 0.557. The molecule has 0 N–H and O–H groups in total. The highest BCUT2D eigenvalue weighted by Gasteiger charge is 2.26. The molecule has 3 aromatic rings. The van der Waals surface area contributed by atoms with Gasteiger partial charge in [0.05, 0.1) is 23.8 Å². The van der Waals surface area contributed by atoms with Gasteiger partial charge in [-0.15, -0.1) is 5.10 Å². The number of rotatable bonds is 9. The summed E-state index contributed by atoms with van der Waals surface area (Å²) in [6.07, 6.45) is 3.41. The number of nitrogens with zero attached hydrogens (tertiary/aromatic N) is 5. The molecule has 32 heavy (non-hydrogen) atoms. The van der Waals surface area contributed by atoms with Crippen molar-refractivity contribution in [2.24, 2.45) is 0 Å². The smallest absolute Gasteiger partial charge is 0.243 e. The predicted octanol–water partition coefficient (Wildman–Crippen LogP) is 3.32. The first kappa shape index (κ1) is 22.9. The second-order valence-corrected chi connectivity index (χ2v) is 10.5. The number of hydrogen-bond acceptors (Lipinski definition) is 7. The van der Waals surface area contributed by atoms with Crippen molar-refractivity contribution in [3.8, 4) is 5.69 Å². The summed E-state index contributed by atoms with van der Waals surface area (Å²) >= 11 is 1.47. The molecule has 2 aromatic carbocycles. The number of benzene rings is 2. The molecule has 0 saturated carbocycles. The summed E-state index contributed by atoms with van der Waals surface area (Å²) in [7, 11) is -3.52. The van der Waals surface area contributed by atoms with E-state index in [2.05, 4.69) is 34.6 Å². The number of ether oxygens (including phenoxy) is 1. The van der Waals surface area contributed by atoms with E-state index in [4.69, 9.17) is 4.74 Å². The average molecular weight is 474 g/mol. The third-order valence-electron chi connectivity index (χ3n) is 5.32. The Morgan fingerprint density at radius 2 is 1.84 bits per heavy atom. The van der Waals surface area contributed by atoms with Crippen LogP contribution in [0.4, 0.5) is 0 Å². The monoisotopic (exact) mass is 473 g/mol. The largest absolute Gasteiger partial charge is 0.379 e. The van der Waals surface area contributed by atoms with Gasteiger partial charge < -0.3 is 4.74 Å². The van der Waals surface area contributed by atoms with Crippen molar-refractivity contribution in [2.45, 2.75) is 42.0 Å². The summed E-state index contributed by atoms with van der Waals surface area (Å²) in [4.78, 5) is 0.305. The van der Waals surface area contributed by atoms with Crippen molar-refractivity contribution in [1.82, 2.24) is 24.5 Å². The van der Waals surface area contributed by atoms with Crippen LogP contribution in [0.25, 0.3) is 5.69 Å². The number of unbranched alkanes of at least 4 members (excludes halogenated alkanes) is 1. The minimum absolute atomic E-state index is 0.305. The number of tetrazole rings is 1. The molecule has 8 nitrogen and oxygen atoms in total. The summed E-state index contributed by atoms with van der Waals surface area (Å²) in [6, 6.07) is 15.4. The molecule has 1 aromatic heterocycles. The maximum Gasteiger partial charge on any atom is 0.243 e. The van der Waals surface area contributed by atoms with Crippen LogP contribution in [0.2, 0.25) is 0 Å². The van der Waals surface area contributed by atoms with Crippen LogP contribution in [0.1, 0.15) is 30.9 Å². The van der Waals surface area contributed by atoms with Gasteiger partial charge >= 0.3 is 0 Å². The molecular formula is C22H27N5O3S2. The van der Waals surface area contributed by atoms with Crippen molar-refractivity contribution < 1.29 is 13.2 Å². The van der Waals surface area contributed by atoms with E-state index in [1.165, 1.54) is 34.5 Å². The highest BCUT2D eigenvalue weighted by Crippen LogP contribution is 2.25. The molecule has 170 valence electrons. The topological polar surface area (TPSA) is 90.2 Å². The molecular weight excluding hydrogens is 446 g/mol. The van der Waals surface area contributed by atoms with E-state index in [1.54, 1.807) is 22.9 Å². The van der Waals surface area contributed by atoms with Crippen LogP contribution in [0.15, 0.2) is 58.6 Å². The predicted molar refractivity (Wildman–Crippen MR) is 123 cm³/mol. The van der Waals surface area contributed by atoms with E-state index >= 15 is 0 Å². The molecule has 1 aliphatic heterocycles. The van der Waals surface area contributed by atoms with E-state index in [-0.39, 0.29) is 0 Å². The molecule has 2 heterocycles. The highest BCUT2D eigenvalue weighted by atomic mass is 32.2. The Morgan fingerprint density at radius 1 is 1.06 bits per heavy atom. The van der Waals surface area contributed by atoms with E-state index in [0.29, 0.717) is 42.1 Å². The molecule has 1 aliphatic rings. The van der Waals surface area contributed by atoms with Crippen molar-refractivity contribution >= 4 is 21.8 Å². The molecule has 0 spiro atoms. The molecule has 0 radical (unpaired) electrons. The lowest BCUT2D eigenvalue weighted by atomic mass is 10.1. The number of aromatic nitrogens is 4. The van der Waals surface area contributed by atoms with Gasteiger partial charge in [0.25, 0.3) is 0 Å². The third kappa shape index (κ3) is 5.37. The Bertz CT molecular complexity index is 1130. The van der Waals surface area contributed by atoms with Crippen molar-refractivity contribution in [3.63, 3.8) is 0 Å². The molecule has 0 bridgehead atoms. The van der Waals surface area contributed by atoms with Gasteiger partial charge in [0.2, 0.25) is 15.2 Å². The lowest BCUT2D eigenvalue weighted by molar-refractivity contribution is 0.0730. The summed E-state index contributed by atoms with van der Waals surface area (Å²) in [5.41, 5.74) is 3.10. The van der Waals surface area contributed by atoms with E-state index in [1.807, 2.05) is 18.2 Å². The Kier molecular flexibility index (Phi) is 7.56. The quantitative estimate of drug-likeness (QED) is 0.440. The van der Waals surface area contributed by atoms with Crippen LogP contribution < -0.4 is 0 Å². The molecule has 4 rings (SSSR count). The van der Waals surface area contributed by atoms with Gasteiger partial charge in [-0.2, -0.15) is 8.99 Å². The van der Waals surface area contributed by atoms with Crippen LogP contribution in [-0.4, -0.2) is 59.2 Å². The van der Waals surface area contributed by atoms with Crippen LogP contribution in [0, 0.1) is 0 Å². The summed E-state index contributed by atoms with van der Waals surface area (Å²) in [6.45, 7) is 3.81. The normalized spacial score (nSPS) is 15.2. The van der Waals surface area contributed by atoms with Gasteiger partial charge in [0, 0.05) is 18.8 Å². The number of thioether (sulfide) groups is 1. The third-order valence-corrected chi connectivity index (χ3v) is 8.20. The lowest BCUT2D eigenvalue weighted by Gasteiger charge is -2.26. The second-order valence-electron chi connectivity index (χ2n) is 7.60. The fourth-order valence-corrected chi connectivity index (χ4v) is 5.81. The molecule has 10 heteroatoms. The molecule has 0 aliphatic carbocycles. The zero-order chi connectivity index (χ0) is 22.4. The zero-order valence-electron chi connectivity index (χ0n) is 18.1. The van der Waals surface area contributed by atoms with Crippen LogP contribution in [0.5, 0.6) is 0 Å². The highest BCUT2D eigenvalue weighted by molar-refractivity contribution is 7.98. The number of aryl methyl sites for hydroxylation is 1. The Morgan fingerprint density at radius 3 is 2.59 bits per heavy atom. The average Bonchev–Trinajstić information content (AvgIpc) is 3.31. The van der Waals surface area contributed by atoms with Crippen LogP contribution >= 0.6 is 11.8 Å². The van der Waals surface area contributed by atoms with Crippen molar-refractivity contribution in [3.05, 3.63) is 59.7 Å². The molecule has 1 saturated heterocycles. The maximum atomic E-state index is 12.9. The molecule has 0 amide bonds. The van der Waals surface area contributed by atoms with Gasteiger partial charge in [-0.1, -0.05) is 49.4 Å². The standard InChI is InChI=1S/C22H27N5O3S2/c1-2-3-5-18-8-10-20(11-9-18)27-22(23-24-25-27)31-17-19-6-4-7-21(16-19)32(28,29)26-12-14-30-15-13-26/h4,6-11,16H,2-3,5,12-15,17H2,1H3. The molecule has 1 fully saturated rings. The SMILES string of the molecule is CCCCc1ccc(-n2nnnc2SCc2cccc(S(=O)(=O)N3CCOCC3)c2)cc1. The number of sulfonamides is 1. The first-order valence-corrected chi connectivity index (χ1v) is 13.2. The minimum atomic E-state index is -3.52. The first-order chi connectivity index (χ1) is 15.6. The van der Waals surface area contributed by atoms with Gasteiger partial charge in [-0.25, -0.2) is 8.42 Å². The van der Waals surface area contributed by atoms with Crippen LogP contribution in [-0.2, 0) is 26.9 Å². The Hall–Kier alpha value is -2.27. The second kappa shape index (κ2) is 10.6. The number of hydrogen-bond donors (Lipinski definition) is 0.